The number of methoxy groups -OCH3 is 2. The molecule has 0 aliphatic heterocycles. The first-order valence-electron chi connectivity index (χ1n) is 9.46. The van der Waals surface area contributed by atoms with Crippen molar-refractivity contribution in [2.45, 2.75) is 13.5 Å². The van der Waals surface area contributed by atoms with Crippen LogP contribution in [0.1, 0.15) is 10.4 Å². The molecular formula is C23H20N2O4S. The summed E-state index contributed by atoms with van der Waals surface area (Å²) in [7, 11) is 3.28. The van der Waals surface area contributed by atoms with Gasteiger partial charge in [-0.25, -0.2) is 4.98 Å². The molecule has 0 amide bonds. The zero-order valence-electron chi connectivity index (χ0n) is 16.8. The van der Waals surface area contributed by atoms with Gasteiger partial charge in [0.1, 0.15) is 35.1 Å². The summed E-state index contributed by atoms with van der Waals surface area (Å²) in [5.41, 5.74) is 2.43. The minimum atomic E-state index is 0.367. The molecule has 30 heavy (non-hydrogen) atoms. The third-order valence-corrected chi connectivity index (χ3v) is 5.82. The summed E-state index contributed by atoms with van der Waals surface area (Å²) in [6.45, 7) is 2.43. The molecule has 0 fully saturated rings. The zero-order valence-corrected chi connectivity index (χ0v) is 17.7. The molecule has 3 aromatic heterocycles. The fraction of sp³-hybridized carbons (Fsp3) is 0.174. The Hall–Kier alpha value is -3.45. The molecule has 0 aliphatic carbocycles. The number of furan rings is 1. The molecule has 6 nitrogen and oxygen atoms in total. The van der Waals surface area contributed by atoms with Gasteiger partial charge in [-0.3, -0.25) is 4.40 Å². The molecule has 2 aromatic carbocycles. The van der Waals surface area contributed by atoms with Crippen LogP contribution >= 0.6 is 11.3 Å². The Balaban J connectivity index is 1.53. The van der Waals surface area contributed by atoms with E-state index in [1.165, 1.54) is 4.88 Å². The molecule has 0 spiro atoms. The highest BCUT2D eigenvalue weighted by molar-refractivity contribution is 7.17. The van der Waals surface area contributed by atoms with Crippen LogP contribution in [-0.4, -0.2) is 23.6 Å². The van der Waals surface area contributed by atoms with E-state index in [-0.39, 0.29) is 0 Å². The molecule has 0 radical (unpaired) electrons. The van der Waals surface area contributed by atoms with Crippen molar-refractivity contribution in [2.24, 2.45) is 0 Å². The van der Waals surface area contributed by atoms with Crippen molar-refractivity contribution < 1.29 is 18.6 Å². The van der Waals surface area contributed by atoms with Crippen LogP contribution < -0.4 is 14.2 Å². The molecule has 0 unspecified atom stereocenters. The van der Waals surface area contributed by atoms with Crippen LogP contribution in [0.15, 0.2) is 59.3 Å². The number of rotatable bonds is 6. The van der Waals surface area contributed by atoms with Gasteiger partial charge in [-0.1, -0.05) is 18.2 Å². The van der Waals surface area contributed by atoms with Crippen LogP contribution in [0, 0.1) is 6.92 Å². The molecule has 5 aromatic rings. The number of benzene rings is 2. The van der Waals surface area contributed by atoms with Crippen LogP contribution in [0.4, 0.5) is 0 Å². The van der Waals surface area contributed by atoms with E-state index >= 15 is 0 Å². The molecule has 0 atom stereocenters. The highest BCUT2D eigenvalue weighted by Gasteiger charge is 2.16. The number of para-hydroxylation sites is 1. The van der Waals surface area contributed by atoms with Gasteiger partial charge in [0.25, 0.3) is 0 Å². The van der Waals surface area contributed by atoms with E-state index in [4.69, 9.17) is 18.6 Å². The Labute approximate surface area is 177 Å². The highest BCUT2D eigenvalue weighted by Crippen LogP contribution is 2.37. The third-order valence-electron chi connectivity index (χ3n) is 4.91. The van der Waals surface area contributed by atoms with Crippen LogP contribution in [0.5, 0.6) is 17.2 Å². The van der Waals surface area contributed by atoms with Crippen LogP contribution in [0.2, 0.25) is 0 Å². The third kappa shape index (κ3) is 3.27. The topological polar surface area (TPSA) is 58.1 Å². The number of ether oxygens (including phenoxy) is 3. The molecule has 0 aliphatic rings. The lowest BCUT2D eigenvalue weighted by molar-refractivity contribution is 0.298. The number of aromatic nitrogens is 2. The Morgan fingerprint density at radius 1 is 1.03 bits per heavy atom. The van der Waals surface area contributed by atoms with E-state index in [1.807, 2.05) is 53.1 Å². The van der Waals surface area contributed by atoms with E-state index in [0.717, 1.165) is 27.4 Å². The predicted molar refractivity (Wildman–Crippen MR) is 117 cm³/mol. The minimum absolute atomic E-state index is 0.367. The first-order valence-corrected chi connectivity index (χ1v) is 10.3. The predicted octanol–water partition coefficient (Wildman–Crippen LogP) is 5.71. The highest BCUT2D eigenvalue weighted by atomic mass is 32.1. The Morgan fingerprint density at radius 2 is 1.90 bits per heavy atom. The van der Waals surface area contributed by atoms with Gasteiger partial charge in [0.15, 0.2) is 10.7 Å². The van der Waals surface area contributed by atoms with Crippen molar-refractivity contribution in [1.82, 2.24) is 9.38 Å². The summed E-state index contributed by atoms with van der Waals surface area (Å²) in [6.07, 6.45) is 4.03. The lowest BCUT2D eigenvalue weighted by Crippen LogP contribution is -1.99. The summed E-state index contributed by atoms with van der Waals surface area (Å²) in [4.78, 5) is 6.84. The largest absolute Gasteiger partial charge is 0.496 e. The van der Waals surface area contributed by atoms with Crippen LogP contribution in [0.25, 0.3) is 27.4 Å². The molecular weight excluding hydrogens is 400 g/mol. The Morgan fingerprint density at radius 3 is 2.70 bits per heavy atom. The molecule has 152 valence electrons. The lowest BCUT2D eigenvalue weighted by atomic mass is 10.2. The number of aryl methyl sites for hydroxylation is 1. The SMILES string of the molecule is COc1cc(OCc2ccccc2OC)c2cc(-c3cn4cc(C)sc4n3)oc2c1. The summed E-state index contributed by atoms with van der Waals surface area (Å²) < 4.78 is 25.1. The average Bonchev–Trinajstić information content (AvgIpc) is 3.44. The van der Waals surface area contributed by atoms with Gasteiger partial charge < -0.3 is 18.6 Å². The van der Waals surface area contributed by atoms with Gasteiger partial charge in [0, 0.05) is 35.0 Å². The van der Waals surface area contributed by atoms with Crippen molar-refractivity contribution >= 4 is 27.3 Å². The quantitative estimate of drug-likeness (QED) is 0.352. The van der Waals surface area contributed by atoms with E-state index in [0.29, 0.717) is 29.4 Å². The number of hydrogen-bond acceptors (Lipinski definition) is 6. The molecule has 5 rings (SSSR count). The van der Waals surface area contributed by atoms with Crippen molar-refractivity contribution in [3.8, 4) is 28.7 Å². The van der Waals surface area contributed by atoms with Gasteiger partial charge in [-0.2, -0.15) is 0 Å². The van der Waals surface area contributed by atoms with E-state index in [2.05, 4.69) is 18.1 Å². The number of fused-ring (bicyclic) bond motifs is 2. The average molecular weight is 420 g/mol. The summed E-state index contributed by atoms with van der Waals surface area (Å²) in [5, 5.41) is 0.869. The van der Waals surface area contributed by atoms with Crippen molar-refractivity contribution in [3.05, 3.63) is 65.3 Å². The minimum Gasteiger partial charge on any atom is -0.496 e. The standard InChI is InChI=1S/C23H20N2O4S/c1-14-11-25-12-18(24-23(25)30-14)22-10-17-20(8-16(26-2)9-21(17)29-22)28-13-15-6-4-5-7-19(15)27-3/h4-12H,13H2,1-3H3. The monoisotopic (exact) mass is 420 g/mol. The molecule has 0 bridgehead atoms. The van der Waals surface area contributed by atoms with E-state index < -0.39 is 0 Å². The maximum Gasteiger partial charge on any atom is 0.194 e. The lowest BCUT2D eigenvalue weighted by Gasteiger charge is -2.11. The number of thiazole rings is 1. The summed E-state index contributed by atoms with van der Waals surface area (Å²) >= 11 is 1.65. The van der Waals surface area contributed by atoms with Gasteiger partial charge in [0.05, 0.1) is 19.6 Å². The van der Waals surface area contributed by atoms with Crippen LogP contribution in [0.3, 0.4) is 0 Å². The molecule has 3 heterocycles. The maximum atomic E-state index is 6.16. The Bertz CT molecular complexity index is 1320. The van der Waals surface area contributed by atoms with Gasteiger partial charge in [-0.15, -0.1) is 11.3 Å². The first-order chi connectivity index (χ1) is 14.6. The second kappa shape index (κ2) is 7.42. The van der Waals surface area contributed by atoms with Crippen LogP contribution in [-0.2, 0) is 6.61 Å². The second-order valence-electron chi connectivity index (χ2n) is 6.91. The fourth-order valence-corrected chi connectivity index (χ4v) is 4.26. The second-order valence-corrected chi connectivity index (χ2v) is 8.12. The normalized spacial score (nSPS) is 11.3. The van der Waals surface area contributed by atoms with Gasteiger partial charge in [-0.05, 0) is 19.1 Å². The molecule has 0 saturated heterocycles. The first kappa shape index (κ1) is 18.6. The molecule has 0 N–H and O–H groups in total. The molecule has 7 heteroatoms. The van der Waals surface area contributed by atoms with Crippen molar-refractivity contribution in [3.63, 3.8) is 0 Å². The van der Waals surface area contributed by atoms with Gasteiger partial charge in [0.2, 0.25) is 0 Å². The molecule has 0 saturated carbocycles. The maximum absolute atomic E-state index is 6.16. The number of imidazole rings is 1. The Kier molecular flexibility index (Phi) is 4.59. The summed E-state index contributed by atoms with van der Waals surface area (Å²) in [6, 6.07) is 13.5. The summed E-state index contributed by atoms with van der Waals surface area (Å²) in [5.74, 6) is 2.83. The fourth-order valence-electron chi connectivity index (χ4n) is 3.45. The zero-order chi connectivity index (χ0) is 20.7. The smallest absolute Gasteiger partial charge is 0.194 e. The number of nitrogens with zero attached hydrogens (tertiary/aromatic N) is 2. The van der Waals surface area contributed by atoms with Gasteiger partial charge >= 0.3 is 0 Å². The van der Waals surface area contributed by atoms with Crippen molar-refractivity contribution in [1.29, 1.82) is 0 Å². The van der Waals surface area contributed by atoms with E-state index in [9.17, 15) is 0 Å². The van der Waals surface area contributed by atoms with E-state index in [1.54, 1.807) is 25.6 Å². The number of hydrogen-bond donors (Lipinski definition) is 0. The van der Waals surface area contributed by atoms with Crippen molar-refractivity contribution in [2.75, 3.05) is 14.2 Å².